The average molecular weight is 239 g/mol. The molecule has 0 amide bonds. The summed E-state index contributed by atoms with van der Waals surface area (Å²) in [4.78, 5) is 0. The third-order valence-electron chi connectivity index (χ3n) is 2.78. The highest BCUT2D eigenvalue weighted by Crippen LogP contribution is 2.23. The Bertz CT molecular complexity index is 354. The van der Waals surface area contributed by atoms with Crippen LogP contribution in [0.5, 0.6) is 5.75 Å². The minimum absolute atomic E-state index is 0.206. The molecular formula is C12H17NO4. The second-order valence-corrected chi connectivity index (χ2v) is 4.12. The number of aliphatic hydroxyl groups excluding tert-OH is 2. The van der Waals surface area contributed by atoms with Crippen molar-refractivity contribution in [2.45, 2.75) is 31.3 Å². The number of nitrogens with two attached hydrogens (primary N) is 1. The maximum Gasteiger partial charge on any atom is 0.200 e. The number of anilines is 1. The first-order valence-corrected chi connectivity index (χ1v) is 5.65. The monoisotopic (exact) mass is 239 g/mol. The maximum atomic E-state index is 9.53. The standard InChI is InChI=1S/C12H17NO4/c13-8-1-3-9(4-2-8)16-12-6-5-10(15)11(7-14)17-12/h1-4,10-12,14-15H,5-7,13H2/t10-,11?,12-/m0/s1. The lowest BCUT2D eigenvalue weighted by atomic mass is 10.1. The molecule has 1 aromatic rings. The normalized spacial score (nSPS) is 28.9. The van der Waals surface area contributed by atoms with E-state index in [9.17, 15) is 5.11 Å². The van der Waals surface area contributed by atoms with Crippen LogP contribution in [0.15, 0.2) is 24.3 Å². The highest BCUT2D eigenvalue weighted by atomic mass is 16.7. The summed E-state index contributed by atoms with van der Waals surface area (Å²) in [6.07, 6.45) is -0.458. The van der Waals surface area contributed by atoms with Gasteiger partial charge in [-0.05, 0) is 30.7 Å². The van der Waals surface area contributed by atoms with Crippen molar-refractivity contribution in [3.8, 4) is 5.75 Å². The van der Waals surface area contributed by atoms with E-state index in [0.717, 1.165) is 0 Å². The van der Waals surface area contributed by atoms with Crippen LogP contribution in [0.2, 0.25) is 0 Å². The molecule has 0 saturated carbocycles. The molecule has 0 bridgehead atoms. The van der Waals surface area contributed by atoms with Crippen LogP contribution in [0.1, 0.15) is 12.8 Å². The lowest BCUT2D eigenvalue weighted by molar-refractivity contribution is -0.196. The zero-order valence-corrected chi connectivity index (χ0v) is 9.45. The molecule has 1 saturated heterocycles. The fourth-order valence-electron chi connectivity index (χ4n) is 1.80. The molecule has 0 aromatic heterocycles. The molecule has 1 aromatic carbocycles. The zero-order chi connectivity index (χ0) is 12.3. The summed E-state index contributed by atoms with van der Waals surface area (Å²) in [6, 6.07) is 7.02. The molecule has 17 heavy (non-hydrogen) atoms. The summed E-state index contributed by atoms with van der Waals surface area (Å²) in [5, 5.41) is 18.6. The van der Waals surface area contributed by atoms with E-state index < -0.39 is 18.5 Å². The molecule has 1 fully saturated rings. The molecule has 94 valence electrons. The first kappa shape index (κ1) is 12.2. The predicted octanol–water partition coefficient (Wildman–Crippen LogP) is 0.506. The predicted molar refractivity (Wildman–Crippen MR) is 62.5 cm³/mol. The molecule has 0 aliphatic carbocycles. The van der Waals surface area contributed by atoms with Crippen LogP contribution >= 0.6 is 0 Å². The molecular weight excluding hydrogens is 222 g/mol. The van der Waals surface area contributed by atoms with Gasteiger partial charge in [-0.15, -0.1) is 0 Å². The Morgan fingerprint density at radius 2 is 2.00 bits per heavy atom. The van der Waals surface area contributed by atoms with Crippen LogP contribution in [0.25, 0.3) is 0 Å². The Balaban J connectivity index is 1.93. The molecule has 1 unspecified atom stereocenters. The summed E-state index contributed by atoms with van der Waals surface area (Å²) in [7, 11) is 0. The minimum Gasteiger partial charge on any atom is -0.465 e. The van der Waals surface area contributed by atoms with Crippen LogP contribution in [0, 0.1) is 0 Å². The first-order valence-electron chi connectivity index (χ1n) is 5.65. The van der Waals surface area contributed by atoms with Gasteiger partial charge in [0.05, 0.1) is 12.7 Å². The van der Waals surface area contributed by atoms with E-state index in [0.29, 0.717) is 24.3 Å². The fourth-order valence-corrected chi connectivity index (χ4v) is 1.80. The molecule has 3 atom stereocenters. The zero-order valence-electron chi connectivity index (χ0n) is 9.45. The number of hydrogen-bond acceptors (Lipinski definition) is 5. The van der Waals surface area contributed by atoms with Crippen molar-refractivity contribution in [2.75, 3.05) is 12.3 Å². The summed E-state index contributed by atoms with van der Waals surface area (Å²) in [6.45, 7) is -0.206. The second-order valence-electron chi connectivity index (χ2n) is 4.12. The van der Waals surface area contributed by atoms with Gasteiger partial charge in [0.15, 0.2) is 6.29 Å². The minimum atomic E-state index is -0.619. The van der Waals surface area contributed by atoms with Gasteiger partial charge >= 0.3 is 0 Å². The van der Waals surface area contributed by atoms with Gasteiger partial charge in [-0.2, -0.15) is 0 Å². The molecule has 0 radical (unpaired) electrons. The number of benzene rings is 1. The molecule has 1 aliphatic heterocycles. The molecule has 4 N–H and O–H groups in total. The van der Waals surface area contributed by atoms with E-state index >= 15 is 0 Å². The van der Waals surface area contributed by atoms with Crippen LogP contribution < -0.4 is 10.5 Å². The Morgan fingerprint density at radius 3 is 2.65 bits per heavy atom. The first-order chi connectivity index (χ1) is 8.19. The van der Waals surface area contributed by atoms with Crippen molar-refractivity contribution in [3.63, 3.8) is 0 Å². The van der Waals surface area contributed by atoms with Crippen LogP contribution in [0.3, 0.4) is 0 Å². The Morgan fingerprint density at radius 1 is 1.29 bits per heavy atom. The van der Waals surface area contributed by atoms with Gasteiger partial charge in [-0.3, -0.25) is 0 Å². The molecule has 5 heteroatoms. The highest BCUT2D eigenvalue weighted by molar-refractivity contribution is 5.41. The van der Waals surface area contributed by atoms with Crippen LogP contribution in [-0.4, -0.2) is 35.3 Å². The van der Waals surface area contributed by atoms with E-state index in [1.807, 2.05) is 0 Å². The summed E-state index contributed by atoms with van der Waals surface area (Å²) >= 11 is 0. The summed E-state index contributed by atoms with van der Waals surface area (Å²) in [5.74, 6) is 0.664. The van der Waals surface area contributed by atoms with Crippen molar-refractivity contribution >= 4 is 5.69 Å². The van der Waals surface area contributed by atoms with Crippen molar-refractivity contribution in [3.05, 3.63) is 24.3 Å². The molecule has 0 spiro atoms. The number of nitrogen functional groups attached to an aromatic ring is 1. The van der Waals surface area contributed by atoms with Gasteiger partial charge in [0.1, 0.15) is 11.9 Å². The third-order valence-corrected chi connectivity index (χ3v) is 2.78. The van der Waals surface area contributed by atoms with E-state index in [4.69, 9.17) is 20.3 Å². The number of aliphatic hydroxyl groups is 2. The van der Waals surface area contributed by atoms with Gasteiger partial charge in [-0.1, -0.05) is 0 Å². The topological polar surface area (TPSA) is 84.9 Å². The average Bonchev–Trinajstić information content (AvgIpc) is 2.34. The molecule has 1 heterocycles. The number of rotatable bonds is 3. The number of hydrogen-bond donors (Lipinski definition) is 3. The van der Waals surface area contributed by atoms with E-state index in [-0.39, 0.29) is 6.61 Å². The Kier molecular flexibility index (Phi) is 3.83. The van der Waals surface area contributed by atoms with Crippen molar-refractivity contribution in [1.29, 1.82) is 0 Å². The van der Waals surface area contributed by atoms with Gasteiger partial charge in [0.25, 0.3) is 0 Å². The SMILES string of the molecule is Nc1ccc(O[C@@H]2CC[C@H](O)C(CO)O2)cc1. The van der Waals surface area contributed by atoms with Gasteiger partial charge in [-0.25, -0.2) is 0 Å². The quantitative estimate of drug-likeness (QED) is 0.669. The van der Waals surface area contributed by atoms with Gasteiger partial charge < -0.3 is 25.4 Å². The summed E-state index contributed by atoms with van der Waals surface area (Å²) < 4.78 is 11.0. The maximum absolute atomic E-state index is 9.53. The lowest BCUT2D eigenvalue weighted by Crippen LogP contribution is -2.43. The third kappa shape index (κ3) is 3.09. The van der Waals surface area contributed by atoms with E-state index in [1.165, 1.54) is 0 Å². The largest absolute Gasteiger partial charge is 0.465 e. The molecule has 1 aliphatic rings. The lowest BCUT2D eigenvalue weighted by Gasteiger charge is -2.32. The van der Waals surface area contributed by atoms with E-state index in [1.54, 1.807) is 24.3 Å². The number of ether oxygens (including phenoxy) is 2. The van der Waals surface area contributed by atoms with Crippen molar-refractivity contribution in [1.82, 2.24) is 0 Å². The smallest absolute Gasteiger partial charge is 0.200 e. The Labute approximate surface area is 99.8 Å². The second kappa shape index (κ2) is 5.35. The van der Waals surface area contributed by atoms with Crippen molar-refractivity contribution in [2.24, 2.45) is 0 Å². The van der Waals surface area contributed by atoms with Crippen LogP contribution in [-0.2, 0) is 4.74 Å². The summed E-state index contributed by atoms with van der Waals surface area (Å²) in [5.41, 5.74) is 6.24. The van der Waals surface area contributed by atoms with Gasteiger partial charge in [0, 0.05) is 12.1 Å². The van der Waals surface area contributed by atoms with Crippen LogP contribution in [0.4, 0.5) is 5.69 Å². The Hall–Kier alpha value is -1.30. The fraction of sp³-hybridized carbons (Fsp3) is 0.500. The van der Waals surface area contributed by atoms with Crippen molar-refractivity contribution < 1.29 is 19.7 Å². The highest BCUT2D eigenvalue weighted by Gasteiger charge is 2.30. The molecule has 5 nitrogen and oxygen atoms in total. The molecule has 2 rings (SSSR count). The van der Waals surface area contributed by atoms with Gasteiger partial charge in [0.2, 0.25) is 0 Å². The van der Waals surface area contributed by atoms with E-state index in [2.05, 4.69) is 0 Å².